The fourth-order valence-corrected chi connectivity index (χ4v) is 2.15. The molecule has 0 aliphatic carbocycles. The fourth-order valence-electron chi connectivity index (χ4n) is 1.50. The molecular formula is C10H5BrClN3O. The van der Waals surface area contributed by atoms with Crippen LogP contribution in [0.1, 0.15) is 0 Å². The van der Waals surface area contributed by atoms with Gasteiger partial charge >= 0.3 is 0 Å². The minimum atomic E-state index is 0.332. The zero-order chi connectivity index (χ0) is 11.1. The predicted octanol–water partition coefficient (Wildman–Crippen LogP) is 3.41. The Kier molecular flexibility index (Phi) is 2.22. The molecule has 0 bridgehead atoms. The van der Waals surface area contributed by atoms with Gasteiger partial charge in [0.1, 0.15) is 0 Å². The van der Waals surface area contributed by atoms with Gasteiger partial charge in [0.25, 0.3) is 0 Å². The van der Waals surface area contributed by atoms with Gasteiger partial charge in [-0.25, -0.2) is 0 Å². The standard InChI is InChI=1S/C10H5BrClN3O/c11-7-2-1-3-9-13-14-10(15(7)9)6-4-5-8(12)16-6/h1-5H. The molecule has 0 aromatic carbocycles. The molecule has 16 heavy (non-hydrogen) atoms. The van der Waals surface area contributed by atoms with Crippen molar-refractivity contribution in [1.82, 2.24) is 14.6 Å². The summed E-state index contributed by atoms with van der Waals surface area (Å²) in [5.74, 6) is 1.21. The Labute approximate surface area is 104 Å². The van der Waals surface area contributed by atoms with E-state index in [-0.39, 0.29) is 0 Å². The van der Waals surface area contributed by atoms with E-state index in [1.165, 1.54) is 0 Å². The van der Waals surface area contributed by atoms with Crippen LogP contribution in [0.15, 0.2) is 39.4 Å². The van der Waals surface area contributed by atoms with Crippen molar-refractivity contribution < 1.29 is 4.42 Å². The van der Waals surface area contributed by atoms with E-state index in [0.29, 0.717) is 16.8 Å². The van der Waals surface area contributed by atoms with Crippen LogP contribution < -0.4 is 0 Å². The first kappa shape index (κ1) is 9.86. The molecule has 0 atom stereocenters. The zero-order valence-electron chi connectivity index (χ0n) is 7.89. The van der Waals surface area contributed by atoms with Crippen molar-refractivity contribution in [2.45, 2.75) is 0 Å². The lowest BCUT2D eigenvalue weighted by atomic mass is 10.4. The van der Waals surface area contributed by atoms with Crippen molar-refractivity contribution in [3.05, 3.63) is 40.2 Å². The maximum atomic E-state index is 5.73. The van der Waals surface area contributed by atoms with Crippen molar-refractivity contribution in [1.29, 1.82) is 0 Å². The molecule has 4 nitrogen and oxygen atoms in total. The van der Waals surface area contributed by atoms with Crippen molar-refractivity contribution in [3.63, 3.8) is 0 Å². The van der Waals surface area contributed by atoms with Crippen LogP contribution in [0.5, 0.6) is 0 Å². The van der Waals surface area contributed by atoms with Crippen molar-refractivity contribution in [2.75, 3.05) is 0 Å². The number of fused-ring (bicyclic) bond motifs is 1. The third kappa shape index (κ3) is 1.44. The van der Waals surface area contributed by atoms with E-state index >= 15 is 0 Å². The molecular weight excluding hydrogens is 293 g/mol. The van der Waals surface area contributed by atoms with Crippen LogP contribution in [0.25, 0.3) is 17.2 Å². The van der Waals surface area contributed by atoms with E-state index in [1.54, 1.807) is 12.1 Å². The van der Waals surface area contributed by atoms with Crippen LogP contribution >= 0.6 is 27.5 Å². The molecule has 3 rings (SSSR count). The summed E-state index contributed by atoms with van der Waals surface area (Å²) in [6.45, 7) is 0. The summed E-state index contributed by atoms with van der Waals surface area (Å²) in [4.78, 5) is 0. The van der Waals surface area contributed by atoms with Gasteiger partial charge in [-0.15, -0.1) is 10.2 Å². The monoisotopic (exact) mass is 297 g/mol. The van der Waals surface area contributed by atoms with E-state index in [9.17, 15) is 0 Å². The van der Waals surface area contributed by atoms with Crippen molar-refractivity contribution in [2.24, 2.45) is 0 Å². The minimum Gasteiger partial charge on any atom is -0.441 e. The SMILES string of the molecule is Clc1ccc(-c2nnc3cccc(Br)n23)o1. The van der Waals surface area contributed by atoms with Crippen LogP contribution in [0.4, 0.5) is 0 Å². The number of halogens is 2. The quantitative estimate of drug-likeness (QED) is 0.647. The molecule has 3 aromatic rings. The normalized spacial score (nSPS) is 11.1. The molecule has 0 saturated heterocycles. The first-order chi connectivity index (χ1) is 7.75. The Morgan fingerprint density at radius 1 is 1.19 bits per heavy atom. The third-order valence-corrected chi connectivity index (χ3v) is 3.00. The van der Waals surface area contributed by atoms with Crippen LogP contribution in [0, 0.1) is 0 Å². The second kappa shape index (κ2) is 3.61. The van der Waals surface area contributed by atoms with Gasteiger partial charge in [-0.1, -0.05) is 6.07 Å². The summed E-state index contributed by atoms with van der Waals surface area (Å²) in [6, 6.07) is 9.11. The lowest BCUT2D eigenvalue weighted by Gasteiger charge is -1.98. The van der Waals surface area contributed by atoms with Crippen molar-refractivity contribution >= 4 is 33.2 Å². The first-order valence-electron chi connectivity index (χ1n) is 4.51. The molecule has 0 spiro atoms. The summed E-state index contributed by atoms with van der Waals surface area (Å²) in [5, 5.41) is 8.45. The predicted molar refractivity (Wildman–Crippen MR) is 63.4 cm³/mol. The van der Waals surface area contributed by atoms with E-state index in [4.69, 9.17) is 16.0 Å². The zero-order valence-corrected chi connectivity index (χ0v) is 10.2. The van der Waals surface area contributed by atoms with Crippen molar-refractivity contribution in [3.8, 4) is 11.6 Å². The van der Waals surface area contributed by atoms with Gasteiger partial charge in [0.15, 0.2) is 16.6 Å². The number of pyridine rings is 1. The highest BCUT2D eigenvalue weighted by atomic mass is 79.9. The van der Waals surface area contributed by atoms with E-state index in [2.05, 4.69) is 26.1 Å². The Morgan fingerprint density at radius 2 is 2.06 bits per heavy atom. The van der Waals surface area contributed by atoms with Gasteiger partial charge < -0.3 is 4.42 Å². The molecule has 0 aliphatic heterocycles. The second-order valence-corrected chi connectivity index (χ2v) is 4.35. The molecule has 0 aliphatic rings. The molecule has 0 unspecified atom stereocenters. The van der Waals surface area contributed by atoms with E-state index in [1.807, 2.05) is 22.6 Å². The number of rotatable bonds is 1. The molecule has 0 amide bonds. The highest BCUT2D eigenvalue weighted by Gasteiger charge is 2.13. The summed E-state index contributed by atoms with van der Waals surface area (Å²) in [7, 11) is 0. The molecule has 6 heteroatoms. The topological polar surface area (TPSA) is 43.3 Å². The first-order valence-corrected chi connectivity index (χ1v) is 5.68. The van der Waals surface area contributed by atoms with Crippen LogP contribution in [0.3, 0.4) is 0 Å². The second-order valence-electron chi connectivity index (χ2n) is 3.17. The summed E-state index contributed by atoms with van der Waals surface area (Å²) < 4.78 is 8.01. The Morgan fingerprint density at radius 3 is 2.81 bits per heavy atom. The number of nitrogens with zero attached hydrogens (tertiary/aromatic N) is 3. The molecule has 0 saturated carbocycles. The Hall–Kier alpha value is -1.33. The van der Waals surface area contributed by atoms with Crippen LogP contribution in [-0.4, -0.2) is 14.6 Å². The number of aromatic nitrogens is 3. The molecule has 80 valence electrons. The molecule has 3 aromatic heterocycles. The highest BCUT2D eigenvalue weighted by molar-refractivity contribution is 9.10. The molecule has 0 radical (unpaired) electrons. The summed E-state index contributed by atoms with van der Waals surface area (Å²) in [6.07, 6.45) is 0. The Balaban J connectivity index is 2.32. The molecule has 3 heterocycles. The van der Waals surface area contributed by atoms with Gasteiger partial charge in [-0.2, -0.15) is 0 Å². The Bertz CT molecular complexity index is 661. The smallest absolute Gasteiger partial charge is 0.205 e. The maximum Gasteiger partial charge on any atom is 0.205 e. The average Bonchev–Trinajstić information content (AvgIpc) is 2.84. The summed E-state index contributed by atoms with van der Waals surface area (Å²) in [5.41, 5.74) is 0.747. The minimum absolute atomic E-state index is 0.332. The molecule has 0 fully saturated rings. The van der Waals surface area contributed by atoms with Gasteiger partial charge in [0.05, 0.1) is 4.60 Å². The van der Waals surface area contributed by atoms with E-state index in [0.717, 1.165) is 10.3 Å². The van der Waals surface area contributed by atoms with Gasteiger partial charge in [-0.05, 0) is 51.8 Å². The lowest BCUT2D eigenvalue weighted by Crippen LogP contribution is -1.89. The third-order valence-electron chi connectivity index (χ3n) is 2.17. The highest BCUT2D eigenvalue weighted by Crippen LogP contribution is 2.25. The summed E-state index contributed by atoms with van der Waals surface area (Å²) >= 11 is 9.17. The maximum absolute atomic E-state index is 5.73. The van der Waals surface area contributed by atoms with Crippen LogP contribution in [0.2, 0.25) is 5.22 Å². The average molecular weight is 299 g/mol. The largest absolute Gasteiger partial charge is 0.441 e. The van der Waals surface area contributed by atoms with E-state index < -0.39 is 0 Å². The number of hydrogen-bond donors (Lipinski definition) is 0. The van der Waals surface area contributed by atoms with Crippen LogP contribution in [-0.2, 0) is 0 Å². The fraction of sp³-hybridized carbons (Fsp3) is 0. The lowest BCUT2D eigenvalue weighted by molar-refractivity contribution is 0.578. The number of furan rings is 1. The van der Waals surface area contributed by atoms with Gasteiger partial charge in [-0.3, -0.25) is 4.40 Å². The molecule has 0 N–H and O–H groups in total. The number of hydrogen-bond acceptors (Lipinski definition) is 3. The van der Waals surface area contributed by atoms with Gasteiger partial charge in [0, 0.05) is 0 Å². The van der Waals surface area contributed by atoms with Gasteiger partial charge in [0.2, 0.25) is 5.82 Å².